The molecule has 1 spiro atoms. The molecule has 1 unspecified atom stereocenters. The Kier molecular flexibility index (Phi) is 6.09. The number of halogens is 4. The van der Waals surface area contributed by atoms with Crippen LogP contribution in [0.2, 0.25) is 5.02 Å². The summed E-state index contributed by atoms with van der Waals surface area (Å²) in [5.41, 5.74) is 0.151. The second-order valence-electron chi connectivity index (χ2n) is 7.59. The number of alkyl halides is 2. The van der Waals surface area contributed by atoms with Crippen LogP contribution in [0.25, 0.3) is 11.1 Å². The molecule has 31 heavy (non-hydrogen) atoms. The van der Waals surface area contributed by atoms with Gasteiger partial charge in [-0.3, -0.25) is 9.78 Å². The van der Waals surface area contributed by atoms with Crippen LogP contribution in [0.15, 0.2) is 30.5 Å². The van der Waals surface area contributed by atoms with Crippen LogP contribution in [-0.4, -0.2) is 41.7 Å². The highest BCUT2D eigenvalue weighted by Gasteiger charge is 2.50. The van der Waals surface area contributed by atoms with Crippen molar-refractivity contribution in [3.63, 3.8) is 0 Å². The zero-order valence-corrected chi connectivity index (χ0v) is 16.9. The molecule has 6 nitrogen and oxygen atoms in total. The Hall–Kier alpha value is -2.36. The summed E-state index contributed by atoms with van der Waals surface area (Å²) in [4.78, 5) is 16.0. The van der Waals surface area contributed by atoms with Gasteiger partial charge in [-0.2, -0.15) is 8.78 Å². The molecule has 1 saturated carbocycles. The predicted octanol–water partition coefficient (Wildman–Crippen LogP) is 4.85. The molecular weight excluding hydrogens is 439 g/mol. The van der Waals surface area contributed by atoms with Crippen molar-refractivity contribution in [2.24, 2.45) is 5.92 Å². The Morgan fingerprint density at radius 1 is 1.26 bits per heavy atom. The van der Waals surface area contributed by atoms with E-state index in [1.165, 1.54) is 18.3 Å². The van der Waals surface area contributed by atoms with Crippen molar-refractivity contribution in [1.29, 1.82) is 0 Å². The number of rotatable bonds is 7. The Labute approximate surface area is 180 Å². The van der Waals surface area contributed by atoms with Gasteiger partial charge >= 0.3 is 12.6 Å². The van der Waals surface area contributed by atoms with Crippen LogP contribution >= 0.6 is 11.6 Å². The highest BCUT2D eigenvalue weighted by atomic mass is 35.5. The van der Waals surface area contributed by atoms with Crippen molar-refractivity contribution in [3.8, 4) is 16.9 Å². The van der Waals surface area contributed by atoms with Gasteiger partial charge in [0, 0.05) is 24.6 Å². The van der Waals surface area contributed by atoms with Crippen LogP contribution in [0, 0.1) is 11.7 Å². The minimum Gasteiger partial charge on any atom is -0.481 e. The van der Waals surface area contributed by atoms with Gasteiger partial charge in [-0.05, 0) is 30.5 Å². The van der Waals surface area contributed by atoms with E-state index < -0.39 is 35.9 Å². The molecule has 1 N–H and O–H groups in total. The van der Waals surface area contributed by atoms with Crippen molar-refractivity contribution >= 4 is 17.6 Å². The van der Waals surface area contributed by atoms with E-state index in [0.717, 1.165) is 12.1 Å². The number of benzene rings is 1. The molecule has 166 valence electrons. The lowest BCUT2D eigenvalue weighted by Gasteiger charge is -2.43. The fourth-order valence-electron chi connectivity index (χ4n) is 4.16. The maximum atomic E-state index is 14.6. The van der Waals surface area contributed by atoms with Gasteiger partial charge < -0.3 is 19.3 Å². The molecule has 0 amide bonds. The molecule has 2 aliphatic rings. The van der Waals surface area contributed by atoms with Gasteiger partial charge in [-0.1, -0.05) is 17.7 Å². The molecule has 1 aliphatic heterocycles. The summed E-state index contributed by atoms with van der Waals surface area (Å²) in [6.45, 7) is -2.08. The van der Waals surface area contributed by atoms with Crippen LogP contribution in [0.4, 0.5) is 13.2 Å². The summed E-state index contributed by atoms with van der Waals surface area (Å²) >= 11 is 5.79. The van der Waals surface area contributed by atoms with E-state index >= 15 is 0 Å². The lowest BCUT2D eigenvalue weighted by molar-refractivity contribution is -0.232. The van der Waals surface area contributed by atoms with Gasteiger partial charge in [-0.15, -0.1) is 0 Å². The van der Waals surface area contributed by atoms with Gasteiger partial charge in [0.05, 0.1) is 35.4 Å². The third-order valence-electron chi connectivity index (χ3n) is 5.58. The van der Waals surface area contributed by atoms with Crippen LogP contribution in [0.3, 0.4) is 0 Å². The average Bonchev–Trinajstić information content (AvgIpc) is 3.18. The second kappa shape index (κ2) is 8.64. The van der Waals surface area contributed by atoms with E-state index in [1.54, 1.807) is 0 Å². The molecule has 1 saturated heterocycles. The monoisotopic (exact) mass is 457 g/mol. The molecule has 1 aromatic carbocycles. The summed E-state index contributed by atoms with van der Waals surface area (Å²) in [7, 11) is 0. The number of hydrogen-bond donors (Lipinski definition) is 1. The van der Waals surface area contributed by atoms with E-state index in [-0.39, 0.29) is 27.8 Å². The molecule has 2 aromatic rings. The van der Waals surface area contributed by atoms with Crippen LogP contribution < -0.4 is 4.74 Å². The topological polar surface area (TPSA) is 77.9 Å². The number of carbonyl (C=O) groups is 1. The molecule has 2 fully saturated rings. The van der Waals surface area contributed by atoms with Crippen LogP contribution in [0.1, 0.15) is 30.9 Å². The van der Waals surface area contributed by atoms with Gasteiger partial charge in [0.25, 0.3) is 0 Å². The molecule has 2 heterocycles. The lowest BCUT2D eigenvalue weighted by Crippen LogP contribution is -2.45. The molecule has 0 bridgehead atoms. The highest BCUT2D eigenvalue weighted by Crippen LogP contribution is 2.48. The maximum absolute atomic E-state index is 14.6. The highest BCUT2D eigenvalue weighted by molar-refractivity contribution is 6.31. The van der Waals surface area contributed by atoms with E-state index in [1.807, 2.05) is 0 Å². The lowest BCUT2D eigenvalue weighted by atomic mass is 9.73. The average molecular weight is 458 g/mol. The number of ether oxygens (including phenoxy) is 3. The molecule has 4 rings (SSSR count). The Morgan fingerprint density at radius 3 is 2.55 bits per heavy atom. The maximum Gasteiger partial charge on any atom is 0.387 e. The third kappa shape index (κ3) is 4.49. The predicted molar refractivity (Wildman–Crippen MR) is 104 cm³/mol. The Morgan fingerprint density at radius 2 is 1.97 bits per heavy atom. The van der Waals surface area contributed by atoms with Crippen molar-refractivity contribution in [2.45, 2.75) is 37.6 Å². The summed E-state index contributed by atoms with van der Waals surface area (Å²) in [5, 5.41) is 9.41. The van der Waals surface area contributed by atoms with E-state index in [0.29, 0.717) is 32.5 Å². The summed E-state index contributed by atoms with van der Waals surface area (Å²) < 4.78 is 55.5. The fraction of sp³-hybridized carbons (Fsp3) is 0.429. The third-order valence-corrected chi connectivity index (χ3v) is 5.88. The minimum absolute atomic E-state index is 0.108. The number of aromatic nitrogens is 1. The van der Waals surface area contributed by atoms with Gasteiger partial charge in [-0.25, -0.2) is 4.39 Å². The quantitative estimate of drug-likeness (QED) is 0.640. The zero-order valence-electron chi connectivity index (χ0n) is 16.2. The van der Waals surface area contributed by atoms with Crippen molar-refractivity contribution in [2.75, 3.05) is 13.2 Å². The molecule has 1 aliphatic carbocycles. The molecule has 1 aromatic heterocycles. The normalized spacial score (nSPS) is 18.9. The van der Waals surface area contributed by atoms with Crippen molar-refractivity contribution in [3.05, 3.63) is 47.0 Å². The molecule has 0 radical (unpaired) electrons. The van der Waals surface area contributed by atoms with Gasteiger partial charge in [0.1, 0.15) is 5.75 Å². The first-order valence-electron chi connectivity index (χ1n) is 9.68. The van der Waals surface area contributed by atoms with E-state index in [4.69, 9.17) is 21.1 Å². The Balaban J connectivity index is 1.54. The second-order valence-corrected chi connectivity index (χ2v) is 8.00. The number of hydrogen-bond acceptors (Lipinski definition) is 5. The SMILES string of the molecule is O=C(O)C(CC1CC2(C1)OCCO2)c1ccc(-c2c(OC(F)F)ccc(Cl)c2F)cn1. The Bertz CT molecular complexity index is 958. The number of pyridine rings is 1. The van der Waals surface area contributed by atoms with E-state index in [2.05, 4.69) is 9.72 Å². The van der Waals surface area contributed by atoms with Crippen LogP contribution in [0.5, 0.6) is 5.75 Å². The van der Waals surface area contributed by atoms with Crippen molar-refractivity contribution < 1.29 is 37.3 Å². The zero-order chi connectivity index (χ0) is 22.2. The van der Waals surface area contributed by atoms with Gasteiger partial charge in [0.15, 0.2) is 11.6 Å². The molecule has 1 atom stereocenters. The molecule has 10 heteroatoms. The number of aliphatic carboxylic acids is 1. The van der Waals surface area contributed by atoms with Crippen LogP contribution in [-0.2, 0) is 14.3 Å². The largest absolute Gasteiger partial charge is 0.481 e. The summed E-state index contributed by atoms with van der Waals surface area (Å²) in [6, 6.07) is 5.11. The van der Waals surface area contributed by atoms with Gasteiger partial charge in [0.2, 0.25) is 0 Å². The standard InChI is InChI=1S/C21H19ClF3NO5/c22-14-2-4-16(31-20(24)25)17(18(14)23)12-1-3-15(26-10-12)13(19(27)28)7-11-8-21(9-11)29-5-6-30-21/h1-4,10-11,13,20H,5-9H2,(H,27,28). The van der Waals surface area contributed by atoms with E-state index in [9.17, 15) is 23.1 Å². The first-order chi connectivity index (χ1) is 14.8. The first kappa shape index (κ1) is 21.9. The van der Waals surface area contributed by atoms with Crippen molar-refractivity contribution in [1.82, 2.24) is 4.98 Å². The summed E-state index contributed by atoms with van der Waals surface area (Å²) in [6.07, 6.45) is 2.82. The minimum atomic E-state index is -3.15. The first-order valence-corrected chi connectivity index (χ1v) is 10.1. The molecular formula is C21H19ClF3NO5. The summed E-state index contributed by atoms with van der Waals surface area (Å²) in [5.74, 6) is -3.70. The number of nitrogens with zero attached hydrogens (tertiary/aromatic N) is 1. The number of carboxylic acids is 1. The fourth-order valence-corrected chi connectivity index (χ4v) is 4.31. The smallest absolute Gasteiger partial charge is 0.387 e. The number of carboxylic acid groups (broad SMARTS) is 1.